The second-order valence-corrected chi connectivity index (χ2v) is 4.79. The normalized spacial score (nSPS) is 20.9. The van der Waals surface area contributed by atoms with Gasteiger partial charge in [0.1, 0.15) is 18.9 Å². The van der Waals surface area contributed by atoms with Crippen molar-refractivity contribution < 1.29 is 23.9 Å². The maximum atomic E-state index is 12.1. The Hall–Kier alpha value is -2.37. The van der Waals surface area contributed by atoms with Crippen LogP contribution in [0.15, 0.2) is 30.3 Å². The maximum Gasteiger partial charge on any atom is 0.410 e. The number of hydrogen-bond acceptors (Lipinski definition) is 5. The minimum Gasteiger partial charge on any atom is -0.467 e. The molecule has 0 bridgehead atoms. The van der Waals surface area contributed by atoms with Crippen LogP contribution in [0.25, 0.3) is 0 Å². The number of hydrogen-bond donors (Lipinski definition) is 0. The number of methoxy groups -OCH3 is 1. The van der Waals surface area contributed by atoms with Gasteiger partial charge in [-0.3, -0.25) is 4.90 Å². The third kappa shape index (κ3) is 3.39. The van der Waals surface area contributed by atoms with Gasteiger partial charge in [0.25, 0.3) is 0 Å². The molecule has 1 aromatic rings. The Morgan fingerprint density at radius 2 is 2.05 bits per heavy atom. The van der Waals surface area contributed by atoms with Crippen molar-refractivity contribution in [1.29, 1.82) is 0 Å². The van der Waals surface area contributed by atoms with Gasteiger partial charge in [-0.2, -0.15) is 0 Å². The van der Waals surface area contributed by atoms with E-state index in [-0.39, 0.29) is 6.61 Å². The first-order valence-electron chi connectivity index (χ1n) is 6.67. The van der Waals surface area contributed by atoms with Gasteiger partial charge in [-0.15, -0.1) is 0 Å². The third-order valence-corrected chi connectivity index (χ3v) is 3.50. The van der Waals surface area contributed by atoms with E-state index in [9.17, 15) is 14.4 Å². The van der Waals surface area contributed by atoms with Crippen LogP contribution in [-0.2, 0) is 25.7 Å². The average molecular weight is 291 g/mol. The monoisotopic (exact) mass is 291 g/mol. The van der Waals surface area contributed by atoms with Crippen molar-refractivity contribution in [3.63, 3.8) is 0 Å². The van der Waals surface area contributed by atoms with Crippen molar-refractivity contribution in [3.8, 4) is 0 Å². The lowest BCUT2D eigenvalue weighted by Crippen LogP contribution is -2.44. The number of ether oxygens (including phenoxy) is 2. The van der Waals surface area contributed by atoms with Gasteiger partial charge in [-0.1, -0.05) is 30.3 Å². The topological polar surface area (TPSA) is 72.9 Å². The van der Waals surface area contributed by atoms with Gasteiger partial charge in [-0.05, 0) is 12.0 Å². The third-order valence-electron chi connectivity index (χ3n) is 3.50. The molecular formula is C15H17NO5. The molecule has 1 fully saturated rings. The average Bonchev–Trinajstić information content (AvgIpc) is 2.96. The Labute approximate surface area is 122 Å². The van der Waals surface area contributed by atoms with Crippen LogP contribution in [-0.4, -0.2) is 42.9 Å². The number of likely N-dealkylation sites (tertiary alicyclic amines) is 1. The van der Waals surface area contributed by atoms with E-state index in [4.69, 9.17) is 4.74 Å². The van der Waals surface area contributed by atoms with E-state index >= 15 is 0 Å². The molecule has 6 heteroatoms. The highest BCUT2D eigenvalue weighted by atomic mass is 16.6. The van der Waals surface area contributed by atoms with E-state index in [0.29, 0.717) is 19.3 Å². The SMILES string of the molecule is COC(=O)[C@H]1[C@H](C=O)CCN1C(=O)OCc1ccccc1. The molecule has 0 unspecified atom stereocenters. The molecule has 1 aliphatic heterocycles. The number of amides is 1. The summed E-state index contributed by atoms with van der Waals surface area (Å²) < 4.78 is 9.86. The summed E-state index contributed by atoms with van der Waals surface area (Å²) in [4.78, 5) is 36.1. The number of nitrogens with zero attached hydrogens (tertiary/aromatic N) is 1. The highest BCUT2D eigenvalue weighted by Gasteiger charge is 2.43. The fraction of sp³-hybridized carbons (Fsp3) is 0.400. The van der Waals surface area contributed by atoms with Crippen LogP contribution in [0.1, 0.15) is 12.0 Å². The molecule has 1 heterocycles. The number of aldehydes is 1. The van der Waals surface area contributed by atoms with Crippen LogP contribution in [0.4, 0.5) is 4.79 Å². The lowest BCUT2D eigenvalue weighted by atomic mass is 10.0. The standard InChI is InChI=1S/C15H17NO5/c1-20-14(18)13-12(9-17)7-8-16(13)15(19)21-10-11-5-3-2-4-6-11/h2-6,9,12-13H,7-8,10H2,1H3/t12-,13+/m0/s1. The Morgan fingerprint density at radius 3 is 2.67 bits per heavy atom. The minimum atomic E-state index is -0.893. The summed E-state index contributed by atoms with van der Waals surface area (Å²) in [6.07, 6.45) is 0.508. The summed E-state index contributed by atoms with van der Waals surface area (Å²) >= 11 is 0. The highest BCUT2D eigenvalue weighted by molar-refractivity contribution is 5.85. The predicted molar refractivity (Wildman–Crippen MR) is 73.3 cm³/mol. The van der Waals surface area contributed by atoms with Crippen LogP contribution in [0.2, 0.25) is 0 Å². The molecule has 0 saturated carbocycles. The van der Waals surface area contributed by atoms with Gasteiger partial charge in [0.05, 0.1) is 7.11 Å². The molecule has 0 radical (unpaired) electrons. The van der Waals surface area contributed by atoms with Gasteiger partial charge >= 0.3 is 12.1 Å². The van der Waals surface area contributed by atoms with Crippen LogP contribution >= 0.6 is 0 Å². The quantitative estimate of drug-likeness (QED) is 0.619. The molecule has 2 rings (SSSR count). The molecule has 0 aliphatic carbocycles. The van der Waals surface area contributed by atoms with E-state index in [0.717, 1.165) is 5.56 Å². The van der Waals surface area contributed by atoms with Gasteiger partial charge < -0.3 is 14.3 Å². The largest absolute Gasteiger partial charge is 0.467 e. The summed E-state index contributed by atoms with van der Waals surface area (Å²) in [7, 11) is 1.23. The van der Waals surface area contributed by atoms with Crippen molar-refractivity contribution in [2.45, 2.75) is 19.1 Å². The molecule has 0 spiro atoms. The van der Waals surface area contributed by atoms with Gasteiger partial charge in [0, 0.05) is 12.5 Å². The summed E-state index contributed by atoms with van der Waals surface area (Å²) in [6.45, 7) is 0.423. The van der Waals surface area contributed by atoms with Crippen molar-refractivity contribution >= 4 is 18.3 Å². The fourth-order valence-electron chi connectivity index (χ4n) is 2.39. The molecule has 0 aromatic heterocycles. The number of benzene rings is 1. The van der Waals surface area contributed by atoms with Gasteiger partial charge in [0.2, 0.25) is 0 Å². The van der Waals surface area contributed by atoms with Crippen molar-refractivity contribution in [3.05, 3.63) is 35.9 Å². The number of carbonyl (C=O) groups excluding carboxylic acids is 3. The second kappa shape index (κ2) is 6.88. The van der Waals surface area contributed by atoms with Gasteiger partial charge in [-0.25, -0.2) is 9.59 Å². The Bertz CT molecular complexity index is 516. The summed E-state index contributed by atoms with van der Waals surface area (Å²) in [5.74, 6) is -1.14. The molecule has 1 amide bonds. The first-order valence-corrected chi connectivity index (χ1v) is 6.67. The lowest BCUT2D eigenvalue weighted by molar-refractivity contribution is -0.147. The number of esters is 1. The highest BCUT2D eigenvalue weighted by Crippen LogP contribution is 2.24. The zero-order valence-corrected chi connectivity index (χ0v) is 11.7. The molecule has 1 aliphatic rings. The molecule has 112 valence electrons. The van der Waals surface area contributed by atoms with Crippen LogP contribution in [0.3, 0.4) is 0 Å². The Kier molecular flexibility index (Phi) is 4.92. The van der Waals surface area contributed by atoms with Crippen LogP contribution < -0.4 is 0 Å². The smallest absolute Gasteiger partial charge is 0.410 e. The fourth-order valence-corrected chi connectivity index (χ4v) is 2.39. The lowest BCUT2D eigenvalue weighted by Gasteiger charge is -2.23. The van der Waals surface area contributed by atoms with Crippen LogP contribution in [0, 0.1) is 5.92 Å². The van der Waals surface area contributed by atoms with Crippen molar-refractivity contribution in [2.24, 2.45) is 5.92 Å². The second-order valence-electron chi connectivity index (χ2n) is 4.79. The molecule has 1 saturated heterocycles. The van der Waals surface area contributed by atoms with E-state index in [1.165, 1.54) is 12.0 Å². The molecule has 1 aromatic carbocycles. The van der Waals surface area contributed by atoms with E-state index < -0.39 is 24.0 Å². The first kappa shape index (κ1) is 15.0. The molecule has 21 heavy (non-hydrogen) atoms. The maximum absolute atomic E-state index is 12.1. The van der Waals surface area contributed by atoms with E-state index in [1.54, 1.807) is 0 Å². The molecule has 2 atom stereocenters. The number of carbonyl (C=O) groups is 3. The molecular weight excluding hydrogens is 274 g/mol. The van der Waals surface area contributed by atoms with Crippen LogP contribution in [0.5, 0.6) is 0 Å². The summed E-state index contributed by atoms with van der Waals surface area (Å²) in [5.41, 5.74) is 0.853. The minimum absolute atomic E-state index is 0.121. The Balaban J connectivity index is 2.00. The van der Waals surface area contributed by atoms with Gasteiger partial charge in [0.15, 0.2) is 0 Å². The van der Waals surface area contributed by atoms with E-state index in [2.05, 4.69) is 4.74 Å². The molecule has 6 nitrogen and oxygen atoms in total. The van der Waals surface area contributed by atoms with Crippen molar-refractivity contribution in [2.75, 3.05) is 13.7 Å². The van der Waals surface area contributed by atoms with E-state index in [1.807, 2.05) is 30.3 Å². The molecule has 0 N–H and O–H groups in total. The predicted octanol–water partition coefficient (Wildman–Crippen LogP) is 1.39. The van der Waals surface area contributed by atoms with Crippen molar-refractivity contribution in [1.82, 2.24) is 4.90 Å². The Morgan fingerprint density at radius 1 is 1.33 bits per heavy atom. The zero-order chi connectivity index (χ0) is 15.2. The summed E-state index contributed by atoms with van der Waals surface area (Å²) in [5, 5.41) is 0. The number of rotatable bonds is 4. The first-order chi connectivity index (χ1) is 10.2. The zero-order valence-electron chi connectivity index (χ0n) is 11.7. The summed E-state index contributed by atoms with van der Waals surface area (Å²) in [6, 6.07) is 8.34.